The second-order valence-electron chi connectivity index (χ2n) is 2.47. The van der Waals surface area contributed by atoms with E-state index in [1.165, 1.54) is 0 Å². The van der Waals surface area contributed by atoms with Crippen molar-refractivity contribution >= 4 is 10.1 Å². The fraction of sp³-hybridized carbons (Fsp3) is 0.143. The van der Waals surface area contributed by atoms with Gasteiger partial charge in [-0.15, -0.1) is 13.2 Å². The van der Waals surface area contributed by atoms with Gasteiger partial charge < -0.3 is 9.29 Å². The quantitative estimate of drug-likeness (QED) is 0.481. The van der Waals surface area contributed by atoms with Gasteiger partial charge in [-0.05, 0) is 24.3 Å². The van der Waals surface area contributed by atoms with Crippen LogP contribution in [0, 0.1) is 0 Å². The average molecular weight is 264 g/mol. The smallest absolute Gasteiger partial charge is 0.744 e. The van der Waals surface area contributed by atoms with E-state index in [0.29, 0.717) is 0 Å². The Morgan fingerprint density at radius 3 is 1.88 bits per heavy atom. The van der Waals surface area contributed by atoms with Crippen molar-refractivity contribution in [3.63, 3.8) is 0 Å². The molecule has 1 aromatic carbocycles. The van der Waals surface area contributed by atoms with Gasteiger partial charge in [-0.25, -0.2) is 8.42 Å². The number of hydrogen-bond acceptors (Lipinski definition) is 4. The summed E-state index contributed by atoms with van der Waals surface area (Å²) in [6.45, 7) is 0. The van der Waals surface area contributed by atoms with Crippen molar-refractivity contribution in [2.45, 2.75) is 11.3 Å². The molecule has 0 amide bonds. The Kier molecular flexibility index (Phi) is 5.27. The van der Waals surface area contributed by atoms with Gasteiger partial charge in [0.25, 0.3) is 0 Å². The van der Waals surface area contributed by atoms with Gasteiger partial charge in [-0.1, -0.05) is 0 Å². The van der Waals surface area contributed by atoms with Crippen LogP contribution in [0.5, 0.6) is 5.75 Å². The Balaban J connectivity index is 0.00000225. The van der Waals surface area contributed by atoms with Gasteiger partial charge in [-0.2, -0.15) is 0 Å². The van der Waals surface area contributed by atoms with Crippen LogP contribution in [-0.2, 0) is 10.1 Å². The Morgan fingerprint density at radius 1 is 1.12 bits per heavy atom. The molecule has 4 nitrogen and oxygen atoms in total. The third-order valence-electron chi connectivity index (χ3n) is 1.35. The number of alkyl halides is 3. The molecule has 0 aromatic heterocycles. The molecule has 0 saturated heterocycles. The first kappa shape index (κ1) is 15.7. The van der Waals surface area contributed by atoms with Crippen LogP contribution < -0.4 is 34.3 Å². The van der Waals surface area contributed by atoms with E-state index in [2.05, 4.69) is 4.74 Å². The number of benzene rings is 1. The van der Waals surface area contributed by atoms with E-state index in [9.17, 15) is 26.1 Å². The number of hydrogen-bond donors (Lipinski definition) is 0. The van der Waals surface area contributed by atoms with Crippen LogP contribution in [0.1, 0.15) is 0 Å². The Bertz CT molecular complexity index is 440. The van der Waals surface area contributed by atoms with E-state index in [0.717, 1.165) is 24.3 Å². The van der Waals surface area contributed by atoms with E-state index in [-0.39, 0.29) is 29.6 Å². The van der Waals surface area contributed by atoms with Crippen LogP contribution in [0.3, 0.4) is 0 Å². The Labute approximate surface area is 111 Å². The molecular formula is C7H4F3NaO4S. The van der Waals surface area contributed by atoms with Crippen molar-refractivity contribution in [3.05, 3.63) is 24.3 Å². The first-order valence-electron chi connectivity index (χ1n) is 3.50. The molecule has 0 bridgehead atoms. The summed E-state index contributed by atoms with van der Waals surface area (Å²) >= 11 is 0. The van der Waals surface area contributed by atoms with Crippen LogP contribution in [0.15, 0.2) is 29.2 Å². The number of ether oxygens (including phenoxy) is 1. The molecule has 0 aliphatic carbocycles. The topological polar surface area (TPSA) is 66.4 Å². The minimum Gasteiger partial charge on any atom is -0.744 e. The predicted octanol–water partition coefficient (Wildman–Crippen LogP) is -1.51. The fourth-order valence-corrected chi connectivity index (χ4v) is 1.28. The van der Waals surface area contributed by atoms with Crippen molar-refractivity contribution in [1.29, 1.82) is 0 Å². The third kappa shape index (κ3) is 5.17. The molecule has 0 saturated carbocycles. The van der Waals surface area contributed by atoms with Gasteiger partial charge >= 0.3 is 35.9 Å². The van der Waals surface area contributed by atoms with Crippen LogP contribution in [-0.4, -0.2) is 19.3 Å². The largest absolute Gasteiger partial charge is 1.00 e. The van der Waals surface area contributed by atoms with Gasteiger partial charge in [0.05, 0.1) is 4.90 Å². The molecule has 0 spiro atoms. The molecule has 1 aromatic rings. The van der Waals surface area contributed by atoms with Gasteiger partial charge in [-0.3, -0.25) is 0 Å². The van der Waals surface area contributed by atoms with Crippen molar-refractivity contribution in [3.8, 4) is 5.75 Å². The predicted molar refractivity (Wildman–Crippen MR) is 41.1 cm³/mol. The van der Waals surface area contributed by atoms with Gasteiger partial charge in [0, 0.05) is 0 Å². The fourth-order valence-electron chi connectivity index (χ4n) is 0.808. The molecule has 0 atom stereocenters. The zero-order valence-electron chi connectivity index (χ0n) is 7.98. The molecule has 84 valence electrons. The zero-order valence-corrected chi connectivity index (χ0v) is 10.8. The molecule has 0 aliphatic heterocycles. The number of rotatable bonds is 2. The van der Waals surface area contributed by atoms with Crippen molar-refractivity contribution < 1.29 is 60.4 Å². The zero-order chi connectivity index (χ0) is 11.7. The van der Waals surface area contributed by atoms with Gasteiger partial charge in [0.1, 0.15) is 15.9 Å². The summed E-state index contributed by atoms with van der Waals surface area (Å²) < 4.78 is 69.7. The molecule has 1 rings (SSSR count). The molecule has 0 unspecified atom stereocenters. The van der Waals surface area contributed by atoms with Crippen LogP contribution in [0.4, 0.5) is 13.2 Å². The molecule has 0 radical (unpaired) electrons. The summed E-state index contributed by atoms with van der Waals surface area (Å²) in [5.74, 6) is -0.588. The molecular weight excluding hydrogens is 260 g/mol. The van der Waals surface area contributed by atoms with Crippen LogP contribution in [0.2, 0.25) is 0 Å². The summed E-state index contributed by atoms with van der Waals surface area (Å²) in [6, 6.07) is 2.98. The van der Waals surface area contributed by atoms with Crippen LogP contribution >= 0.6 is 0 Å². The Hall–Kier alpha value is -0.280. The maximum absolute atomic E-state index is 11.7. The van der Waals surface area contributed by atoms with E-state index in [1.807, 2.05) is 0 Å². The molecule has 0 aliphatic rings. The third-order valence-corrected chi connectivity index (χ3v) is 2.20. The molecule has 0 heterocycles. The summed E-state index contributed by atoms with van der Waals surface area (Å²) in [7, 11) is -4.65. The number of halogens is 3. The monoisotopic (exact) mass is 264 g/mol. The van der Waals surface area contributed by atoms with Crippen molar-refractivity contribution in [1.82, 2.24) is 0 Å². The second kappa shape index (κ2) is 5.37. The minimum absolute atomic E-state index is 0. The van der Waals surface area contributed by atoms with Gasteiger partial charge in [0.2, 0.25) is 0 Å². The molecule has 0 N–H and O–H groups in total. The van der Waals surface area contributed by atoms with E-state index in [1.54, 1.807) is 0 Å². The normalized spacial score (nSPS) is 11.8. The standard InChI is InChI=1S/C7H5F3O4S.Na/c8-7(9,10)14-5-1-3-6(4-2-5)15(11,12)13;/h1-4H,(H,11,12,13);/q;+1/p-1. The minimum atomic E-state index is -4.85. The first-order chi connectivity index (χ1) is 6.68. The molecule has 9 heteroatoms. The summed E-state index contributed by atoms with van der Waals surface area (Å²) in [4.78, 5) is -0.614. The van der Waals surface area contributed by atoms with Gasteiger partial charge in [0.15, 0.2) is 0 Å². The van der Waals surface area contributed by atoms with E-state index >= 15 is 0 Å². The maximum atomic E-state index is 11.7. The van der Waals surface area contributed by atoms with Crippen molar-refractivity contribution in [2.75, 3.05) is 0 Å². The first-order valence-corrected chi connectivity index (χ1v) is 4.91. The molecule has 16 heavy (non-hydrogen) atoms. The SMILES string of the molecule is O=S(=O)([O-])c1ccc(OC(F)(F)F)cc1.[Na+]. The van der Waals surface area contributed by atoms with Crippen LogP contribution in [0.25, 0.3) is 0 Å². The maximum Gasteiger partial charge on any atom is 1.00 e. The average Bonchev–Trinajstić information content (AvgIpc) is 2.00. The summed E-state index contributed by atoms with van der Waals surface area (Å²) in [5.41, 5.74) is 0. The van der Waals surface area contributed by atoms with E-state index < -0.39 is 27.1 Å². The second-order valence-corrected chi connectivity index (χ2v) is 3.85. The Morgan fingerprint density at radius 2 is 1.56 bits per heavy atom. The summed E-state index contributed by atoms with van der Waals surface area (Å²) in [6.07, 6.45) is -4.85. The van der Waals surface area contributed by atoms with E-state index in [4.69, 9.17) is 0 Å². The molecule has 0 fully saturated rings. The van der Waals surface area contributed by atoms with Crippen molar-refractivity contribution in [2.24, 2.45) is 0 Å². The summed E-state index contributed by atoms with van der Waals surface area (Å²) in [5, 5.41) is 0.